The van der Waals surface area contributed by atoms with Crippen LogP contribution in [0.4, 0.5) is 24.7 Å². The number of nitrogens with two attached hydrogens (primary N) is 1. The molecule has 0 saturated heterocycles. The van der Waals surface area contributed by atoms with Gasteiger partial charge in [0, 0.05) is 16.9 Å². The lowest BCUT2D eigenvalue weighted by Gasteiger charge is -2.12. The van der Waals surface area contributed by atoms with Gasteiger partial charge in [-0.05, 0) is 78.6 Å². The molecule has 8 heteroatoms. The molecule has 4 rings (SSSR count). The summed E-state index contributed by atoms with van der Waals surface area (Å²) in [6, 6.07) is 24.0. The van der Waals surface area contributed by atoms with E-state index in [-0.39, 0.29) is 5.91 Å². The van der Waals surface area contributed by atoms with Gasteiger partial charge in [0.1, 0.15) is 11.6 Å². The Kier molecular flexibility index (Phi) is 7.53. The van der Waals surface area contributed by atoms with Crippen LogP contribution in [0, 0.1) is 0 Å². The van der Waals surface area contributed by atoms with Gasteiger partial charge in [-0.3, -0.25) is 4.79 Å². The number of carbonyl (C=O) groups is 1. The number of pyridine rings is 1. The van der Waals surface area contributed by atoms with Gasteiger partial charge in [0.25, 0.3) is 5.91 Å². The van der Waals surface area contributed by atoms with Crippen molar-refractivity contribution in [3.63, 3.8) is 0 Å². The zero-order valence-corrected chi connectivity index (χ0v) is 19.3. The molecule has 4 aromatic rings. The van der Waals surface area contributed by atoms with Crippen LogP contribution in [0.3, 0.4) is 0 Å². The highest BCUT2D eigenvalue weighted by atomic mass is 19.4. The Morgan fingerprint density at radius 2 is 1.61 bits per heavy atom. The van der Waals surface area contributed by atoms with Crippen molar-refractivity contribution in [1.82, 2.24) is 4.98 Å². The smallest absolute Gasteiger partial charge is 0.416 e. The van der Waals surface area contributed by atoms with Crippen molar-refractivity contribution in [3.05, 3.63) is 108 Å². The second-order valence-electron chi connectivity index (χ2n) is 8.10. The topological polar surface area (TPSA) is 77.2 Å². The van der Waals surface area contributed by atoms with Gasteiger partial charge in [0.15, 0.2) is 0 Å². The number of hydrogen-bond acceptors (Lipinski definition) is 4. The van der Waals surface area contributed by atoms with Crippen molar-refractivity contribution in [2.75, 3.05) is 17.7 Å². The monoisotopic (exact) mass is 491 g/mol. The highest BCUT2D eigenvalue weighted by Crippen LogP contribution is 2.32. The van der Waals surface area contributed by atoms with Crippen LogP contribution in [0.5, 0.6) is 5.75 Å². The lowest BCUT2D eigenvalue weighted by Crippen LogP contribution is -2.13. The van der Waals surface area contributed by atoms with Crippen LogP contribution in [0.2, 0.25) is 0 Å². The van der Waals surface area contributed by atoms with Crippen molar-refractivity contribution in [2.45, 2.75) is 19.0 Å². The zero-order chi connectivity index (χ0) is 25.5. The first-order valence-electron chi connectivity index (χ1n) is 11.3. The second kappa shape index (κ2) is 10.9. The molecule has 0 radical (unpaired) electrons. The van der Waals surface area contributed by atoms with Gasteiger partial charge in [-0.2, -0.15) is 13.2 Å². The highest BCUT2D eigenvalue weighted by Gasteiger charge is 2.30. The molecule has 3 aromatic carbocycles. The fraction of sp³-hybridized carbons (Fsp3) is 0.143. The summed E-state index contributed by atoms with van der Waals surface area (Å²) in [5.74, 6) is 0.792. The van der Waals surface area contributed by atoms with Crippen LogP contribution < -0.4 is 15.8 Å². The van der Waals surface area contributed by atoms with E-state index in [1.807, 2.05) is 12.1 Å². The number of aromatic nitrogens is 1. The van der Waals surface area contributed by atoms with Crippen LogP contribution in [0.25, 0.3) is 11.1 Å². The Labute approximate surface area is 206 Å². The molecule has 0 atom stereocenters. The molecule has 0 aliphatic carbocycles. The molecule has 5 nitrogen and oxygen atoms in total. The number of nitrogen functional groups attached to an aromatic ring is 1. The van der Waals surface area contributed by atoms with Crippen molar-refractivity contribution >= 4 is 17.4 Å². The third-order valence-electron chi connectivity index (χ3n) is 5.48. The predicted molar refractivity (Wildman–Crippen MR) is 134 cm³/mol. The third kappa shape index (κ3) is 6.41. The molecule has 0 fully saturated rings. The zero-order valence-electron chi connectivity index (χ0n) is 19.3. The fourth-order valence-corrected chi connectivity index (χ4v) is 3.69. The SMILES string of the molecule is Nc1cccc(CCCOc2ccc(NC(=O)c3ccccc3-c3ccc(C(F)(F)F)cc3)cc2)n1. The number of anilines is 2. The number of carbonyl (C=O) groups excluding carboxylic acids is 1. The summed E-state index contributed by atoms with van der Waals surface area (Å²) in [5, 5.41) is 2.83. The minimum absolute atomic E-state index is 0.354. The molecule has 1 heterocycles. The van der Waals surface area contributed by atoms with Crippen LogP contribution in [-0.4, -0.2) is 17.5 Å². The Bertz CT molecular complexity index is 1320. The number of aryl methyl sites for hydroxylation is 1. The molecule has 36 heavy (non-hydrogen) atoms. The van der Waals surface area contributed by atoms with E-state index < -0.39 is 11.7 Å². The Balaban J connectivity index is 1.36. The van der Waals surface area contributed by atoms with E-state index in [2.05, 4.69) is 10.3 Å². The minimum Gasteiger partial charge on any atom is -0.494 e. The minimum atomic E-state index is -4.42. The van der Waals surface area contributed by atoms with Crippen LogP contribution >= 0.6 is 0 Å². The van der Waals surface area contributed by atoms with E-state index in [0.717, 1.165) is 30.7 Å². The van der Waals surface area contributed by atoms with Gasteiger partial charge in [-0.1, -0.05) is 36.4 Å². The number of ether oxygens (including phenoxy) is 1. The van der Waals surface area contributed by atoms with Crippen molar-refractivity contribution in [1.29, 1.82) is 0 Å². The Hall–Kier alpha value is -4.33. The van der Waals surface area contributed by atoms with Crippen molar-refractivity contribution in [2.24, 2.45) is 0 Å². The highest BCUT2D eigenvalue weighted by molar-refractivity contribution is 6.08. The number of halogens is 3. The lowest BCUT2D eigenvalue weighted by atomic mass is 9.98. The van der Waals surface area contributed by atoms with E-state index in [9.17, 15) is 18.0 Å². The number of nitrogens with zero attached hydrogens (tertiary/aromatic N) is 1. The normalized spacial score (nSPS) is 11.2. The van der Waals surface area contributed by atoms with Gasteiger partial charge in [-0.25, -0.2) is 4.98 Å². The summed E-state index contributed by atoms with van der Waals surface area (Å²) in [7, 11) is 0. The Morgan fingerprint density at radius 1 is 0.889 bits per heavy atom. The molecule has 0 aliphatic rings. The second-order valence-corrected chi connectivity index (χ2v) is 8.10. The number of nitrogens with one attached hydrogen (secondary N) is 1. The maximum absolute atomic E-state index is 13.0. The molecule has 0 bridgehead atoms. The lowest BCUT2D eigenvalue weighted by molar-refractivity contribution is -0.137. The van der Waals surface area contributed by atoms with Crippen LogP contribution in [0.1, 0.15) is 28.0 Å². The number of amides is 1. The molecule has 0 spiro atoms. The number of hydrogen-bond donors (Lipinski definition) is 2. The molecule has 1 aromatic heterocycles. The van der Waals surface area contributed by atoms with Crippen molar-refractivity contribution < 1.29 is 22.7 Å². The van der Waals surface area contributed by atoms with E-state index in [1.54, 1.807) is 54.6 Å². The predicted octanol–water partition coefficient (Wildman–Crippen LogP) is 6.61. The van der Waals surface area contributed by atoms with E-state index in [0.29, 0.717) is 40.6 Å². The first-order valence-corrected chi connectivity index (χ1v) is 11.3. The quantitative estimate of drug-likeness (QED) is 0.272. The molecule has 0 unspecified atom stereocenters. The van der Waals surface area contributed by atoms with Gasteiger partial charge < -0.3 is 15.8 Å². The molecule has 0 saturated carbocycles. The fourth-order valence-electron chi connectivity index (χ4n) is 3.69. The summed E-state index contributed by atoms with van der Waals surface area (Å²) in [5.41, 5.74) is 7.84. The summed E-state index contributed by atoms with van der Waals surface area (Å²) in [4.78, 5) is 17.2. The molecule has 184 valence electrons. The van der Waals surface area contributed by atoms with Crippen molar-refractivity contribution in [3.8, 4) is 16.9 Å². The van der Waals surface area contributed by atoms with E-state index in [4.69, 9.17) is 10.5 Å². The van der Waals surface area contributed by atoms with Gasteiger partial charge in [0.2, 0.25) is 0 Å². The first-order chi connectivity index (χ1) is 17.3. The summed E-state index contributed by atoms with van der Waals surface area (Å²) in [6.07, 6.45) is -2.90. The van der Waals surface area contributed by atoms with Gasteiger partial charge in [0.05, 0.1) is 12.2 Å². The summed E-state index contributed by atoms with van der Waals surface area (Å²) in [6.45, 7) is 0.503. The largest absolute Gasteiger partial charge is 0.494 e. The molecule has 1 amide bonds. The number of alkyl halides is 3. The third-order valence-corrected chi connectivity index (χ3v) is 5.48. The van der Waals surface area contributed by atoms with E-state index >= 15 is 0 Å². The maximum atomic E-state index is 13.0. The summed E-state index contributed by atoms with van der Waals surface area (Å²) >= 11 is 0. The van der Waals surface area contributed by atoms with Gasteiger partial charge in [-0.15, -0.1) is 0 Å². The molecule has 3 N–H and O–H groups in total. The van der Waals surface area contributed by atoms with E-state index in [1.165, 1.54) is 12.1 Å². The number of rotatable bonds is 8. The van der Waals surface area contributed by atoms with Crippen LogP contribution in [0.15, 0.2) is 91.0 Å². The average molecular weight is 492 g/mol. The molecular weight excluding hydrogens is 467 g/mol. The standard InChI is InChI=1S/C28H24F3N3O2/c29-28(30,31)20-12-10-19(11-13-20)24-7-1-2-8-25(24)27(35)34-22-14-16-23(17-15-22)36-18-4-6-21-5-3-9-26(32)33-21/h1-3,5,7-17H,4,6,18H2,(H2,32,33)(H,34,35). The number of benzene rings is 3. The van der Waals surface area contributed by atoms with Gasteiger partial charge >= 0.3 is 6.18 Å². The first kappa shape index (κ1) is 24.8. The molecule has 0 aliphatic heterocycles. The average Bonchev–Trinajstić information content (AvgIpc) is 2.87. The van der Waals surface area contributed by atoms with Crippen LogP contribution in [-0.2, 0) is 12.6 Å². The maximum Gasteiger partial charge on any atom is 0.416 e. The Morgan fingerprint density at radius 3 is 2.31 bits per heavy atom. The molecular formula is C28H24F3N3O2. The summed E-state index contributed by atoms with van der Waals surface area (Å²) < 4.78 is 44.4.